The minimum atomic E-state index is 0. The minimum Gasteiger partial charge on any atom is -0.355 e. The molecule has 3 aliphatic heterocycles. The molecule has 0 spiro atoms. The average molecular weight is 449 g/mol. The number of nitrogens with one attached hydrogen (secondary N) is 2. The van der Waals surface area contributed by atoms with E-state index in [9.17, 15) is 0 Å². The maximum Gasteiger partial charge on any atom is 0.191 e. The van der Waals surface area contributed by atoms with Crippen molar-refractivity contribution in [3.63, 3.8) is 0 Å². The van der Waals surface area contributed by atoms with Crippen LogP contribution in [0.1, 0.15) is 45.4 Å². The Kier molecular flexibility index (Phi) is 8.57. The van der Waals surface area contributed by atoms with E-state index in [-0.39, 0.29) is 24.0 Å². The summed E-state index contributed by atoms with van der Waals surface area (Å²) in [6.07, 6.45) is 8.11. The molecule has 5 nitrogen and oxygen atoms in total. The Hall–Kier alpha value is -0.0800. The molecule has 3 heterocycles. The van der Waals surface area contributed by atoms with Gasteiger partial charge in [-0.25, -0.2) is 0 Å². The average Bonchev–Trinajstić information content (AvgIpc) is 2.61. The summed E-state index contributed by atoms with van der Waals surface area (Å²) in [6.45, 7) is 9.52. The number of rotatable bonds is 5. The number of guanidine groups is 1. The number of nitrogens with zero attached hydrogens (tertiary/aromatic N) is 3. The van der Waals surface area contributed by atoms with Crippen LogP contribution in [0.5, 0.6) is 0 Å². The lowest BCUT2D eigenvalue weighted by Crippen LogP contribution is -2.64. The molecule has 4 rings (SSSR count). The Labute approximate surface area is 165 Å². The lowest BCUT2D eigenvalue weighted by molar-refractivity contribution is 0.0154. The Bertz CT molecular complexity index is 387. The summed E-state index contributed by atoms with van der Waals surface area (Å²) in [7, 11) is 1.90. The van der Waals surface area contributed by atoms with Gasteiger partial charge in [-0.15, -0.1) is 24.0 Å². The maximum atomic E-state index is 4.45. The molecule has 6 heteroatoms. The quantitative estimate of drug-likeness (QED) is 0.384. The second-order valence-corrected chi connectivity index (χ2v) is 7.59. The molecule has 4 aliphatic rings. The van der Waals surface area contributed by atoms with Crippen molar-refractivity contribution in [1.29, 1.82) is 0 Å². The molecule has 0 radical (unpaired) electrons. The Balaban J connectivity index is 0.00000208. The first kappa shape index (κ1) is 20.2. The van der Waals surface area contributed by atoms with Crippen LogP contribution >= 0.6 is 24.0 Å². The number of halogens is 1. The highest BCUT2D eigenvalue weighted by Gasteiger charge is 2.31. The van der Waals surface area contributed by atoms with Crippen molar-refractivity contribution in [2.75, 3.05) is 46.3 Å². The number of fused-ring (bicyclic) bond motifs is 3. The zero-order valence-corrected chi connectivity index (χ0v) is 17.8. The zero-order chi connectivity index (χ0) is 16.1. The van der Waals surface area contributed by atoms with Crippen molar-refractivity contribution in [1.82, 2.24) is 20.4 Å². The molecule has 3 saturated heterocycles. The largest absolute Gasteiger partial charge is 0.355 e. The number of hydrogen-bond acceptors (Lipinski definition) is 3. The summed E-state index contributed by atoms with van der Waals surface area (Å²) in [5.41, 5.74) is 0. The van der Waals surface area contributed by atoms with Gasteiger partial charge in [0.1, 0.15) is 0 Å². The van der Waals surface area contributed by atoms with E-state index < -0.39 is 0 Å². The molecule has 1 aliphatic carbocycles. The SMILES string of the molecule is CCCC1CCC(NC(=NC)NCC2CN3CCN2CC3)CC1.I. The Morgan fingerprint density at radius 1 is 1.08 bits per heavy atom. The first-order valence-electron chi connectivity index (χ1n) is 9.72. The smallest absolute Gasteiger partial charge is 0.191 e. The van der Waals surface area contributed by atoms with Crippen LogP contribution < -0.4 is 10.6 Å². The van der Waals surface area contributed by atoms with Crippen molar-refractivity contribution < 1.29 is 0 Å². The number of hydrogen-bond donors (Lipinski definition) is 2. The highest BCUT2D eigenvalue weighted by molar-refractivity contribution is 14.0. The molecular weight excluding hydrogens is 413 g/mol. The van der Waals surface area contributed by atoms with Crippen molar-refractivity contribution in [3.8, 4) is 0 Å². The third-order valence-electron chi connectivity index (χ3n) is 6.01. The molecule has 1 atom stereocenters. The molecule has 0 aromatic carbocycles. The van der Waals surface area contributed by atoms with E-state index in [1.165, 1.54) is 71.2 Å². The molecule has 1 unspecified atom stereocenters. The maximum absolute atomic E-state index is 4.45. The lowest BCUT2D eigenvalue weighted by Gasteiger charge is -2.47. The van der Waals surface area contributed by atoms with Crippen LogP contribution in [-0.4, -0.2) is 74.2 Å². The summed E-state index contributed by atoms with van der Waals surface area (Å²) in [6, 6.07) is 1.26. The summed E-state index contributed by atoms with van der Waals surface area (Å²) in [5.74, 6) is 1.97. The van der Waals surface area contributed by atoms with Crippen LogP contribution in [0.4, 0.5) is 0 Å². The second kappa shape index (κ2) is 10.2. The summed E-state index contributed by atoms with van der Waals surface area (Å²) >= 11 is 0. The van der Waals surface area contributed by atoms with Gasteiger partial charge in [-0.3, -0.25) is 14.8 Å². The zero-order valence-electron chi connectivity index (χ0n) is 15.5. The van der Waals surface area contributed by atoms with E-state index in [4.69, 9.17) is 0 Å². The van der Waals surface area contributed by atoms with Gasteiger partial charge in [-0.2, -0.15) is 0 Å². The third kappa shape index (κ3) is 5.46. The summed E-state index contributed by atoms with van der Waals surface area (Å²) < 4.78 is 0. The molecule has 0 aromatic rings. The highest BCUT2D eigenvalue weighted by Crippen LogP contribution is 2.27. The Morgan fingerprint density at radius 3 is 2.33 bits per heavy atom. The normalized spacial score (nSPS) is 36.1. The van der Waals surface area contributed by atoms with Gasteiger partial charge in [0.15, 0.2) is 5.96 Å². The molecule has 24 heavy (non-hydrogen) atoms. The predicted octanol–water partition coefficient (Wildman–Crippen LogP) is 2.13. The monoisotopic (exact) mass is 449 g/mol. The fourth-order valence-electron chi connectivity index (χ4n) is 4.52. The van der Waals surface area contributed by atoms with Crippen molar-refractivity contribution >= 4 is 29.9 Å². The van der Waals surface area contributed by atoms with Gasteiger partial charge in [0.2, 0.25) is 0 Å². The predicted molar refractivity (Wildman–Crippen MR) is 112 cm³/mol. The van der Waals surface area contributed by atoms with Crippen LogP contribution in [0.3, 0.4) is 0 Å². The molecular formula is C18H36IN5. The van der Waals surface area contributed by atoms with E-state index in [0.29, 0.717) is 12.1 Å². The molecule has 0 amide bonds. The van der Waals surface area contributed by atoms with E-state index in [2.05, 4.69) is 32.3 Å². The molecule has 1 saturated carbocycles. The fourth-order valence-corrected chi connectivity index (χ4v) is 4.52. The van der Waals surface area contributed by atoms with E-state index in [0.717, 1.165) is 18.4 Å². The van der Waals surface area contributed by atoms with Gasteiger partial charge >= 0.3 is 0 Å². The van der Waals surface area contributed by atoms with Crippen LogP contribution in [0.25, 0.3) is 0 Å². The minimum absolute atomic E-state index is 0. The van der Waals surface area contributed by atoms with E-state index >= 15 is 0 Å². The number of aliphatic imine (C=N–C) groups is 1. The van der Waals surface area contributed by atoms with E-state index in [1.807, 2.05) is 7.05 Å². The van der Waals surface area contributed by atoms with Gasteiger partial charge in [-0.1, -0.05) is 19.8 Å². The molecule has 0 aromatic heterocycles. The molecule has 140 valence electrons. The van der Waals surface area contributed by atoms with Gasteiger partial charge in [0.05, 0.1) is 0 Å². The highest BCUT2D eigenvalue weighted by atomic mass is 127. The van der Waals surface area contributed by atoms with Gasteiger partial charge < -0.3 is 10.6 Å². The van der Waals surface area contributed by atoms with E-state index in [1.54, 1.807) is 0 Å². The third-order valence-corrected chi connectivity index (χ3v) is 6.01. The van der Waals surface area contributed by atoms with Crippen LogP contribution in [0, 0.1) is 5.92 Å². The Morgan fingerprint density at radius 2 is 1.79 bits per heavy atom. The van der Waals surface area contributed by atoms with Crippen LogP contribution in [-0.2, 0) is 0 Å². The molecule has 2 N–H and O–H groups in total. The first-order chi connectivity index (χ1) is 11.3. The summed E-state index contributed by atoms with van der Waals surface area (Å²) in [4.78, 5) is 9.68. The van der Waals surface area contributed by atoms with Crippen molar-refractivity contribution in [2.24, 2.45) is 10.9 Å². The standard InChI is InChI=1S/C18H35N5.HI/c1-3-4-15-5-7-16(8-6-15)21-18(19-2)20-13-17-14-22-9-11-23(17)12-10-22;/h15-17H,3-14H2,1-2H3,(H2,19,20,21);1H. The van der Waals surface area contributed by atoms with Crippen molar-refractivity contribution in [2.45, 2.75) is 57.5 Å². The second-order valence-electron chi connectivity index (χ2n) is 7.59. The molecule has 2 bridgehead atoms. The number of piperazine rings is 3. The first-order valence-corrected chi connectivity index (χ1v) is 9.72. The topological polar surface area (TPSA) is 42.9 Å². The van der Waals surface area contributed by atoms with Gasteiger partial charge in [-0.05, 0) is 31.6 Å². The van der Waals surface area contributed by atoms with Crippen molar-refractivity contribution in [3.05, 3.63) is 0 Å². The molecule has 4 fully saturated rings. The van der Waals surface area contributed by atoms with Gasteiger partial charge in [0.25, 0.3) is 0 Å². The van der Waals surface area contributed by atoms with Gasteiger partial charge in [0, 0.05) is 58.4 Å². The van der Waals surface area contributed by atoms with Crippen LogP contribution in [0.15, 0.2) is 4.99 Å². The lowest BCUT2D eigenvalue weighted by atomic mass is 9.83. The summed E-state index contributed by atoms with van der Waals surface area (Å²) in [5, 5.41) is 7.24. The fraction of sp³-hybridized carbons (Fsp3) is 0.944. The van der Waals surface area contributed by atoms with Crippen LogP contribution in [0.2, 0.25) is 0 Å².